The van der Waals surface area contributed by atoms with Crippen LogP contribution in [-0.2, 0) is 22.6 Å². The van der Waals surface area contributed by atoms with Crippen molar-refractivity contribution in [1.29, 1.82) is 0 Å². The summed E-state index contributed by atoms with van der Waals surface area (Å²) in [5.41, 5.74) is 1.54. The summed E-state index contributed by atoms with van der Waals surface area (Å²) in [6, 6.07) is 16.0. The number of ether oxygens (including phenoxy) is 2. The number of carbonyl (C=O) groups is 1. The smallest absolute Gasteiger partial charge is 0.411 e. The summed E-state index contributed by atoms with van der Waals surface area (Å²) in [5.74, 6) is -0.857. The monoisotopic (exact) mass is 354 g/mol. The Balaban J connectivity index is 1.90. The molecule has 4 nitrogen and oxygen atoms in total. The van der Waals surface area contributed by atoms with E-state index in [0.29, 0.717) is 17.9 Å². The van der Waals surface area contributed by atoms with Crippen LogP contribution >= 0.6 is 0 Å². The molecule has 0 saturated heterocycles. The Bertz CT molecular complexity index is 669. The molecule has 0 aromatic heterocycles. The van der Waals surface area contributed by atoms with E-state index >= 15 is 0 Å². The Labute approximate surface area is 142 Å². The van der Waals surface area contributed by atoms with Crippen LogP contribution in [0.5, 0.6) is 5.75 Å². The molecule has 1 atom stereocenters. The van der Waals surface area contributed by atoms with E-state index in [-0.39, 0.29) is 6.42 Å². The first-order valence-electron chi connectivity index (χ1n) is 7.50. The van der Waals surface area contributed by atoms with Crippen LogP contribution in [0.1, 0.15) is 11.1 Å². The summed E-state index contributed by atoms with van der Waals surface area (Å²) in [5, 5.41) is 8.98. The number of aliphatic carboxylic acids is 1. The van der Waals surface area contributed by atoms with E-state index in [9.17, 15) is 18.0 Å². The van der Waals surface area contributed by atoms with E-state index in [1.165, 1.54) is 0 Å². The largest absolute Gasteiger partial charge is 0.489 e. The lowest BCUT2D eigenvalue weighted by Gasteiger charge is -2.15. The van der Waals surface area contributed by atoms with E-state index in [0.717, 1.165) is 5.56 Å². The second-order valence-electron chi connectivity index (χ2n) is 5.38. The molecule has 1 N–H and O–H groups in total. The van der Waals surface area contributed by atoms with Crippen molar-refractivity contribution in [3.05, 3.63) is 65.7 Å². The predicted octanol–water partition coefficient (Wildman–Crippen LogP) is 3.84. The second-order valence-corrected chi connectivity index (χ2v) is 5.38. The van der Waals surface area contributed by atoms with Gasteiger partial charge in [0.1, 0.15) is 19.0 Å². The van der Waals surface area contributed by atoms with Crippen molar-refractivity contribution in [3.63, 3.8) is 0 Å². The molecule has 0 heterocycles. The summed E-state index contributed by atoms with van der Waals surface area (Å²) in [4.78, 5) is 11.0. The molecule has 0 aliphatic carbocycles. The molecule has 134 valence electrons. The molecule has 0 bridgehead atoms. The van der Waals surface area contributed by atoms with Crippen molar-refractivity contribution >= 4 is 5.97 Å². The Morgan fingerprint density at radius 1 is 1.00 bits per heavy atom. The number of alkyl halides is 3. The first-order valence-corrected chi connectivity index (χ1v) is 7.50. The first kappa shape index (κ1) is 18.8. The van der Waals surface area contributed by atoms with Crippen LogP contribution in [-0.4, -0.2) is 30.0 Å². The molecule has 0 fully saturated rings. The van der Waals surface area contributed by atoms with Gasteiger partial charge in [0, 0.05) is 6.42 Å². The van der Waals surface area contributed by atoms with Crippen molar-refractivity contribution < 1.29 is 32.5 Å². The molecule has 0 spiro atoms. The SMILES string of the molecule is O=C(O)C(Cc1ccc(OCc2ccccc2)cc1)OCC(F)(F)F. The maximum atomic E-state index is 12.2. The minimum absolute atomic E-state index is 0.162. The second kappa shape index (κ2) is 8.53. The standard InChI is InChI=1S/C18H17F3O4/c19-18(20,21)12-25-16(17(22)23)10-13-6-8-15(9-7-13)24-11-14-4-2-1-3-5-14/h1-9,16H,10-12H2,(H,22,23). The quantitative estimate of drug-likeness (QED) is 0.783. The molecular weight excluding hydrogens is 337 g/mol. The lowest BCUT2D eigenvalue weighted by Crippen LogP contribution is -2.31. The molecular formula is C18H17F3O4. The zero-order valence-electron chi connectivity index (χ0n) is 13.2. The maximum Gasteiger partial charge on any atom is 0.411 e. The highest BCUT2D eigenvalue weighted by Crippen LogP contribution is 2.19. The average Bonchev–Trinajstić information content (AvgIpc) is 2.57. The van der Waals surface area contributed by atoms with Gasteiger partial charge in [-0.25, -0.2) is 4.79 Å². The minimum Gasteiger partial charge on any atom is -0.489 e. The highest BCUT2D eigenvalue weighted by atomic mass is 19.4. The minimum atomic E-state index is -4.57. The third-order valence-electron chi connectivity index (χ3n) is 3.32. The third kappa shape index (κ3) is 6.84. The summed E-state index contributed by atoms with van der Waals surface area (Å²) in [7, 11) is 0. The van der Waals surface area contributed by atoms with Crippen molar-refractivity contribution in [2.75, 3.05) is 6.61 Å². The highest BCUT2D eigenvalue weighted by Gasteiger charge is 2.31. The summed E-state index contributed by atoms with van der Waals surface area (Å²) in [6.07, 6.45) is -6.29. The Morgan fingerprint density at radius 3 is 2.20 bits per heavy atom. The molecule has 0 aliphatic heterocycles. The average molecular weight is 354 g/mol. The highest BCUT2D eigenvalue weighted by molar-refractivity contribution is 5.72. The van der Waals surface area contributed by atoms with Crippen LogP contribution < -0.4 is 4.74 Å². The van der Waals surface area contributed by atoms with Gasteiger partial charge in [0.25, 0.3) is 0 Å². The van der Waals surface area contributed by atoms with Crippen molar-refractivity contribution in [2.24, 2.45) is 0 Å². The molecule has 0 radical (unpaired) electrons. The molecule has 2 rings (SSSR count). The van der Waals surface area contributed by atoms with E-state index in [2.05, 4.69) is 4.74 Å². The van der Waals surface area contributed by atoms with Crippen LogP contribution in [0.3, 0.4) is 0 Å². The predicted molar refractivity (Wildman–Crippen MR) is 84.4 cm³/mol. The number of benzene rings is 2. The molecule has 7 heteroatoms. The van der Waals surface area contributed by atoms with Gasteiger partial charge in [-0.05, 0) is 23.3 Å². The van der Waals surface area contributed by atoms with Gasteiger partial charge in [0.15, 0.2) is 6.10 Å². The number of carboxylic acid groups (broad SMARTS) is 1. The molecule has 2 aromatic carbocycles. The van der Waals surface area contributed by atoms with Crippen molar-refractivity contribution in [3.8, 4) is 5.75 Å². The summed E-state index contributed by atoms with van der Waals surface area (Å²) in [6.45, 7) is -1.21. The van der Waals surface area contributed by atoms with Gasteiger partial charge in [-0.15, -0.1) is 0 Å². The van der Waals surface area contributed by atoms with Crippen molar-refractivity contribution in [1.82, 2.24) is 0 Å². The summed E-state index contributed by atoms with van der Waals surface area (Å²) >= 11 is 0. The normalized spacial score (nSPS) is 12.6. The van der Waals surface area contributed by atoms with Gasteiger partial charge in [-0.1, -0.05) is 42.5 Å². The van der Waals surface area contributed by atoms with Gasteiger partial charge in [-0.3, -0.25) is 0 Å². The van der Waals surface area contributed by atoms with E-state index < -0.39 is 24.9 Å². The lowest BCUT2D eigenvalue weighted by molar-refractivity contribution is -0.192. The number of hydrogen-bond donors (Lipinski definition) is 1. The Morgan fingerprint density at radius 2 is 1.64 bits per heavy atom. The van der Waals surface area contributed by atoms with E-state index in [4.69, 9.17) is 9.84 Å². The Hall–Kier alpha value is -2.54. The zero-order chi connectivity index (χ0) is 18.3. The zero-order valence-corrected chi connectivity index (χ0v) is 13.2. The molecule has 25 heavy (non-hydrogen) atoms. The first-order chi connectivity index (χ1) is 11.8. The van der Waals surface area contributed by atoms with E-state index in [1.807, 2.05) is 30.3 Å². The summed E-state index contributed by atoms with van der Waals surface area (Å²) < 4.78 is 46.5. The molecule has 0 amide bonds. The van der Waals surface area contributed by atoms with Crippen molar-refractivity contribution in [2.45, 2.75) is 25.3 Å². The topological polar surface area (TPSA) is 55.8 Å². The van der Waals surface area contributed by atoms with Gasteiger partial charge >= 0.3 is 12.1 Å². The van der Waals surface area contributed by atoms with Gasteiger partial charge in [0.05, 0.1) is 0 Å². The Kier molecular flexibility index (Phi) is 6.41. The molecule has 0 aliphatic rings. The van der Waals surface area contributed by atoms with Crippen LogP contribution in [0.2, 0.25) is 0 Å². The fourth-order valence-corrected chi connectivity index (χ4v) is 2.09. The lowest BCUT2D eigenvalue weighted by atomic mass is 10.1. The molecule has 1 unspecified atom stereocenters. The fraction of sp³-hybridized carbons (Fsp3) is 0.278. The molecule has 0 saturated carbocycles. The number of halogens is 3. The third-order valence-corrected chi connectivity index (χ3v) is 3.32. The number of carboxylic acids is 1. The van der Waals surface area contributed by atoms with Crippen LogP contribution in [0.25, 0.3) is 0 Å². The van der Waals surface area contributed by atoms with E-state index in [1.54, 1.807) is 24.3 Å². The van der Waals surface area contributed by atoms with Gasteiger partial charge in [-0.2, -0.15) is 13.2 Å². The number of hydrogen-bond acceptors (Lipinski definition) is 3. The number of rotatable bonds is 8. The fourth-order valence-electron chi connectivity index (χ4n) is 2.09. The maximum absolute atomic E-state index is 12.2. The molecule has 2 aromatic rings. The van der Waals surface area contributed by atoms with Crippen LogP contribution in [0.15, 0.2) is 54.6 Å². The van der Waals surface area contributed by atoms with Gasteiger partial charge in [0.2, 0.25) is 0 Å². The van der Waals surface area contributed by atoms with Crippen LogP contribution in [0.4, 0.5) is 13.2 Å². The van der Waals surface area contributed by atoms with Crippen LogP contribution in [0, 0.1) is 0 Å². The van der Waals surface area contributed by atoms with Gasteiger partial charge < -0.3 is 14.6 Å².